The van der Waals surface area contributed by atoms with Gasteiger partial charge in [-0.1, -0.05) is 0 Å². The quantitative estimate of drug-likeness (QED) is 0.723. The van der Waals surface area contributed by atoms with Gasteiger partial charge in [-0.2, -0.15) is 0 Å². The summed E-state index contributed by atoms with van der Waals surface area (Å²) in [6, 6.07) is 7.53. The zero-order valence-corrected chi connectivity index (χ0v) is 16.0. The molecule has 0 aliphatic rings. The number of nitrogens with zero attached hydrogens (tertiary/aromatic N) is 1. The topological polar surface area (TPSA) is 48.0 Å². The minimum atomic E-state index is -0.410. The summed E-state index contributed by atoms with van der Waals surface area (Å²) in [6.45, 7) is 0.284. The Hall–Kier alpha value is -2.28. The monoisotopic (exact) mass is 411 g/mol. The van der Waals surface area contributed by atoms with Crippen molar-refractivity contribution in [2.75, 3.05) is 28.4 Å². The Bertz CT molecular complexity index is 782. The van der Waals surface area contributed by atoms with E-state index in [0.717, 1.165) is 5.56 Å². The molecule has 0 aromatic heterocycles. The van der Waals surface area contributed by atoms with Crippen LogP contribution in [-0.4, -0.2) is 39.2 Å². The molecule has 2 rings (SSSR count). The number of halogens is 2. The highest BCUT2D eigenvalue weighted by Gasteiger charge is 2.20. The smallest absolute Gasteiger partial charge is 0.255 e. The van der Waals surface area contributed by atoms with Gasteiger partial charge in [-0.3, -0.25) is 4.79 Å². The molecule has 1 amide bonds. The van der Waals surface area contributed by atoms with Crippen LogP contribution >= 0.6 is 15.9 Å². The Morgan fingerprint density at radius 2 is 1.76 bits per heavy atom. The molecule has 0 aliphatic heterocycles. The van der Waals surface area contributed by atoms with Crippen molar-refractivity contribution in [3.63, 3.8) is 0 Å². The van der Waals surface area contributed by atoms with Gasteiger partial charge in [0.2, 0.25) is 5.75 Å². The second-order valence-corrected chi connectivity index (χ2v) is 6.13. The van der Waals surface area contributed by atoms with E-state index in [1.54, 1.807) is 20.2 Å². The Morgan fingerprint density at radius 3 is 2.32 bits per heavy atom. The zero-order chi connectivity index (χ0) is 18.6. The lowest BCUT2D eigenvalue weighted by Crippen LogP contribution is -2.26. The molecule has 0 saturated carbocycles. The molecular formula is C18H19BrFNO4. The van der Waals surface area contributed by atoms with Crippen molar-refractivity contribution < 1.29 is 23.4 Å². The third-order valence-electron chi connectivity index (χ3n) is 3.70. The number of methoxy groups -OCH3 is 3. The molecule has 0 unspecified atom stereocenters. The highest BCUT2D eigenvalue weighted by atomic mass is 79.9. The van der Waals surface area contributed by atoms with Gasteiger partial charge >= 0.3 is 0 Å². The summed E-state index contributed by atoms with van der Waals surface area (Å²) < 4.78 is 29.7. The third kappa shape index (κ3) is 4.04. The number of hydrogen-bond donors (Lipinski definition) is 0. The van der Waals surface area contributed by atoms with E-state index in [1.807, 2.05) is 6.07 Å². The Balaban J connectivity index is 2.31. The average Bonchev–Trinajstić information content (AvgIpc) is 2.60. The minimum absolute atomic E-state index is 0.247. The first-order chi connectivity index (χ1) is 11.9. The lowest BCUT2D eigenvalue weighted by Gasteiger charge is -2.21. The lowest BCUT2D eigenvalue weighted by molar-refractivity contribution is 0.0783. The largest absolute Gasteiger partial charge is 0.493 e. The molecule has 0 aliphatic carbocycles. The maximum atomic E-state index is 13.2. The van der Waals surface area contributed by atoms with Gasteiger partial charge in [0.25, 0.3) is 5.91 Å². The summed E-state index contributed by atoms with van der Waals surface area (Å²) in [5, 5.41) is 0. The van der Waals surface area contributed by atoms with Crippen molar-refractivity contribution in [1.82, 2.24) is 4.90 Å². The van der Waals surface area contributed by atoms with E-state index >= 15 is 0 Å². The standard InChI is InChI=1S/C18H19BrFNO4/c1-21(18(22)13-7-6-12(20)9-14(13)19)10-11-5-8-15(23-2)17(25-4)16(11)24-3/h5-9H,10H2,1-4H3. The fourth-order valence-electron chi connectivity index (χ4n) is 2.48. The molecule has 2 aromatic carbocycles. The summed E-state index contributed by atoms with van der Waals surface area (Å²) in [5.74, 6) is 0.848. The number of carbonyl (C=O) groups is 1. The van der Waals surface area contributed by atoms with E-state index in [4.69, 9.17) is 14.2 Å². The van der Waals surface area contributed by atoms with Gasteiger partial charge in [-0.05, 0) is 46.3 Å². The number of hydrogen-bond acceptors (Lipinski definition) is 4. The molecule has 0 fully saturated rings. The van der Waals surface area contributed by atoms with Crippen molar-refractivity contribution in [1.29, 1.82) is 0 Å². The van der Waals surface area contributed by atoms with E-state index in [1.165, 1.54) is 37.3 Å². The molecule has 0 heterocycles. The molecular weight excluding hydrogens is 393 g/mol. The van der Waals surface area contributed by atoms with E-state index in [0.29, 0.717) is 27.3 Å². The van der Waals surface area contributed by atoms with Crippen LogP contribution in [0.15, 0.2) is 34.8 Å². The number of carbonyl (C=O) groups excluding carboxylic acids is 1. The van der Waals surface area contributed by atoms with Crippen molar-refractivity contribution in [3.8, 4) is 17.2 Å². The van der Waals surface area contributed by atoms with Crippen LogP contribution in [0.4, 0.5) is 4.39 Å². The molecule has 0 atom stereocenters. The first-order valence-corrected chi connectivity index (χ1v) is 8.20. The van der Waals surface area contributed by atoms with E-state index in [-0.39, 0.29) is 12.5 Å². The SMILES string of the molecule is COc1ccc(CN(C)C(=O)c2ccc(F)cc2Br)c(OC)c1OC. The van der Waals surface area contributed by atoms with Gasteiger partial charge in [-0.25, -0.2) is 4.39 Å². The minimum Gasteiger partial charge on any atom is -0.493 e. The van der Waals surface area contributed by atoms with Gasteiger partial charge < -0.3 is 19.1 Å². The van der Waals surface area contributed by atoms with E-state index < -0.39 is 5.82 Å². The Morgan fingerprint density at radius 1 is 1.08 bits per heavy atom. The summed E-state index contributed by atoms with van der Waals surface area (Å²) in [4.78, 5) is 14.2. The molecule has 0 saturated heterocycles. The summed E-state index contributed by atoms with van der Waals surface area (Å²) in [5.41, 5.74) is 1.14. The maximum Gasteiger partial charge on any atom is 0.255 e. The van der Waals surface area contributed by atoms with Gasteiger partial charge in [0, 0.05) is 23.6 Å². The normalized spacial score (nSPS) is 10.3. The van der Waals surface area contributed by atoms with Crippen molar-refractivity contribution in [2.24, 2.45) is 0 Å². The van der Waals surface area contributed by atoms with Crippen LogP contribution in [0.2, 0.25) is 0 Å². The van der Waals surface area contributed by atoms with Gasteiger partial charge in [-0.15, -0.1) is 0 Å². The predicted molar refractivity (Wildman–Crippen MR) is 96.0 cm³/mol. The van der Waals surface area contributed by atoms with Crippen LogP contribution in [-0.2, 0) is 6.54 Å². The number of benzene rings is 2. The molecule has 2 aromatic rings. The van der Waals surface area contributed by atoms with Crippen LogP contribution in [0.1, 0.15) is 15.9 Å². The highest BCUT2D eigenvalue weighted by Crippen LogP contribution is 2.40. The first-order valence-electron chi connectivity index (χ1n) is 7.41. The fourth-order valence-corrected chi connectivity index (χ4v) is 3.00. The van der Waals surface area contributed by atoms with Crippen molar-refractivity contribution >= 4 is 21.8 Å². The lowest BCUT2D eigenvalue weighted by atomic mass is 10.1. The zero-order valence-electron chi connectivity index (χ0n) is 14.4. The predicted octanol–water partition coefficient (Wildman–Crippen LogP) is 3.89. The van der Waals surface area contributed by atoms with Gasteiger partial charge in [0.15, 0.2) is 11.5 Å². The molecule has 0 radical (unpaired) electrons. The van der Waals surface area contributed by atoms with Crippen LogP contribution in [0.5, 0.6) is 17.2 Å². The second kappa shape index (κ2) is 8.20. The van der Waals surface area contributed by atoms with Crippen molar-refractivity contribution in [2.45, 2.75) is 6.54 Å². The molecule has 0 bridgehead atoms. The summed E-state index contributed by atoms with van der Waals surface area (Å²) in [6.07, 6.45) is 0. The van der Waals surface area contributed by atoms with Crippen molar-refractivity contribution in [3.05, 3.63) is 51.7 Å². The van der Waals surface area contributed by atoms with E-state index in [2.05, 4.69) is 15.9 Å². The molecule has 25 heavy (non-hydrogen) atoms. The number of ether oxygens (including phenoxy) is 3. The maximum absolute atomic E-state index is 13.2. The third-order valence-corrected chi connectivity index (χ3v) is 4.36. The van der Waals surface area contributed by atoms with Crippen LogP contribution in [0.25, 0.3) is 0 Å². The molecule has 0 N–H and O–H groups in total. The molecule has 0 spiro atoms. The highest BCUT2D eigenvalue weighted by molar-refractivity contribution is 9.10. The molecule has 7 heteroatoms. The fraction of sp³-hybridized carbons (Fsp3) is 0.278. The van der Waals surface area contributed by atoms with Gasteiger partial charge in [0.05, 0.1) is 26.9 Å². The summed E-state index contributed by atoms with van der Waals surface area (Å²) >= 11 is 3.22. The second-order valence-electron chi connectivity index (χ2n) is 5.28. The van der Waals surface area contributed by atoms with E-state index in [9.17, 15) is 9.18 Å². The van der Waals surface area contributed by atoms with Gasteiger partial charge in [0.1, 0.15) is 5.82 Å². The Labute approximate surface area is 154 Å². The number of amides is 1. The molecule has 5 nitrogen and oxygen atoms in total. The Kier molecular flexibility index (Phi) is 6.25. The summed E-state index contributed by atoms with van der Waals surface area (Å²) in [7, 11) is 6.25. The van der Waals surface area contributed by atoms with Crippen LogP contribution in [0.3, 0.4) is 0 Å². The first kappa shape index (κ1) is 19.1. The van der Waals surface area contributed by atoms with Crippen LogP contribution in [0, 0.1) is 5.82 Å². The average molecular weight is 412 g/mol. The van der Waals surface area contributed by atoms with Crippen LogP contribution < -0.4 is 14.2 Å². The number of rotatable bonds is 6. The molecule has 134 valence electrons.